The van der Waals surface area contributed by atoms with Gasteiger partial charge in [-0.2, -0.15) is 0 Å². The Hall–Kier alpha value is -3.45. The Morgan fingerprint density at radius 2 is 1.67 bits per heavy atom. The van der Waals surface area contributed by atoms with Crippen LogP contribution in [0.4, 0.5) is 0 Å². The Bertz CT molecular complexity index is 1280. The molecule has 2 aromatic carbocycles. The molecule has 0 aliphatic carbocycles. The summed E-state index contributed by atoms with van der Waals surface area (Å²) in [7, 11) is 0. The van der Waals surface area contributed by atoms with Gasteiger partial charge < -0.3 is 4.90 Å². The standard InChI is InChI=1S/C29H31N5OS/c1-21-8-10-26(11-9-21)34-27(25-12-16-30-17-13-25)31-32-29(34)36-22(2)28(35)33-18-14-24(15-19-33)20-23-6-4-3-5-7-23/h3-13,16-17,22,24H,14-15,18-20H2,1-2H3. The number of likely N-dealkylation sites (tertiary alicyclic amines) is 1. The second kappa shape index (κ2) is 11.1. The summed E-state index contributed by atoms with van der Waals surface area (Å²) in [6, 6.07) is 22.8. The van der Waals surface area contributed by atoms with Crippen molar-refractivity contribution in [1.82, 2.24) is 24.6 Å². The van der Waals surface area contributed by atoms with Crippen molar-refractivity contribution in [1.29, 1.82) is 0 Å². The van der Waals surface area contributed by atoms with Crippen molar-refractivity contribution in [3.63, 3.8) is 0 Å². The molecule has 184 valence electrons. The zero-order chi connectivity index (χ0) is 24.9. The number of hydrogen-bond acceptors (Lipinski definition) is 5. The summed E-state index contributed by atoms with van der Waals surface area (Å²) < 4.78 is 2.04. The smallest absolute Gasteiger partial charge is 0.235 e. The molecule has 1 fully saturated rings. The zero-order valence-corrected chi connectivity index (χ0v) is 21.6. The highest BCUT2D eigenvalue weighted by Gasteiger charge is 2.28. The first kappa shape index (κ1) is 24.3. The van der Waals surface area contributed by atoms with E-state index in [4.69, 9.17) is 0 Å². The van der Waals surface area contributed by atoms with E-state index in [0.717, 1.165) is 49.4 Å². The number of carbonyl (C=O) groups excluding carboxylic acids is 1. The van der Waals surface area contributed by atoms with Crippen molar-refractivity contribution >= 4 is 17.7 Å². The predicted molar refractivity (Wildman–Crippen MR) is 144 cm³/mol. The minimum Gasteiger partial charge on any atom is -0.342 e. The van der Waals surface area contributed by atoms with Gasteiger partial charge in [-0.05, 0) is 68.9 Å². The summed E-state index contributed by atoms with van der Waals surface area (Å²) in [5, 5.41) is 9.46. The van der Waals surface area contributed by atoms with Crippen LogP contribution in [-0.4, -0.2) is 48.9 Å². The van der Waals surface area contributed by atoms with Crippen molar-refractivity contribution < 1.29 is 4.79 Å². The van der Waals surface area contributed by atoms with E-state index in [1.807, 2.05) is 28.5 Å². The number of nitrogens with zero attached hydrogens (tertiary/aromatic N) is 5. The van der Waals surface area contributed by atoms with Crippen molar-refractivity contribution in [3.8, 4) is 17.1 Å². The average Bonchev–Trinajstić information content (AvgIpc) is 3.33. The van der Waals surface area contributed by atoms with E-state index in [2.05, 4.69) is 76.7 Å². The summed E-state index contributed by atoms with van der Waals surface area (Å²) in [5.41, 5.74) is 4.48. The fourth-order valence-electron chi connectivity index (χ4n) is 4.73. The van der Waals surface area contributed by atoms with E-state index >= 15 is 0 Å². The van der Waals surface area contributed by atoms with Crippen LogP contribution in [0.2, 0.25) is 0 Å². The number of aromatic nitrogens is 4. The van der Waals surface area contributed by atoms with Gasteiger partial charge in [0.05, 0.1) is 5.25 Å². The number of rotatable bonds is 7. The van der Waals surface area contributed by atoms with Crippen LogP contribution in [0, 0.1) is 12.8 Å². The molecule has 0 spiro atoms. The molecule has 6 nitrogen and oxygen atoms in total. The molecule has 0 bridgehead atoms. The molecular weight excluding hydrogens is 466 g/mol. The van der Waals surface area contributed by atoms with Gasteiger partial charge >= 0.3 is 0 Å². The third-order valence-electron chi connectivity index (χ3n) is 6.79. The lowest BCUT2D eigenvalue weighted by atomic mass is 9.90. The zero-order valence-electron chi connectivity index (χ0n) is 20.7. The number of carbonyl (C=O) groups is 1. The highest BCUT2D eigenvalue weighted by Crippen LogP contribution is 2.31. The third kappa shape index (κ3) is 5.51. The van der Waals surface area contributed by atoms with Crippen LogP contribution in [0.5, 0.6) is 0 Å². The summed E-state index contributed by atoms with van der Waals surface area (Å²) in [5.74, 6) is 1.54. The van der Waals surface area contributed by atoms with Crippen molar-refractivity contribution in [3.05, 3.63) is 90.3 Å². The first-order valence-corrected chi connectivity index (χ1v) is 13.4. The summed E-state index contributed by atoms with van der Waals surface area (Å²) >= 11 is 1.47. The Morgan fingerprint density at radius 3 is 2.36 bits per heavy atom. The van der Waals surface area contributed by atoms with E-state index in [-0.39, 0.29) is 11.2 Å². The largest absolute Gasteiger partial charge is 0.342 e. The fourth-order valence-corrected chi connectivity index (χ4v) is 5.68. The molecule has 0 N–H and O–H groups in total. The molecule has 1 saturated heterocycles. The van der Waals surface area contributed by atoms with Crippen LogP contribution in [-0.2, 0) is 11.2 Å². The highest BCUT2D eigenvalue weighted by atomic mass is 32.2. The van der Waals surface area contributed by atoms with Gasteiger partial charge in [-0.25, -0.2) is 0 Å². The highest BCUT2D eigenvalue weighted by molar-refractivity contribution is 8.00. The van der Waals surface area contributed by atoms with Gasteiger partial charge in [0.1, 0.15) is 0 Å². The van der Waals surface area contributed by atoms with Crippen LogP contribution >= 0.6 is 11.8 Å². The Kier molecular flexibility index (Phi) is 7.47. The van der Waals surface area contributed by atoms with E-state index in [1.165, 1.54) is 22.9 Å². The van der Waals surface area contributed by atoms with E-state index in [9.17, 15) is 4.79 Å². The fraction of sp³-hybridized carbons (Fsp3) is 0.310. The number of benzene rings is 2. The van der Waals surface area contributed by atoms with Gasteiger partial charge in [0.2, 0.25) is 5.91 Å². The van der Waals surface area contributed by atoms with Crippen molar-refractivity contribution in [2.45, 2.75) is 43.5 Å². The van der Waals surface area contributed by atoms with E-state index in [1.54, 1.807) is 12.4 Å². The topological polar surface area (TPSA) is 63.9 Å². The molecule has 7 heteroatoms. The lowest BCUT2D eigenvalue weighted by Gasteiger charge is -2.33. The maximum atomic E-state index is 13.4. The molecule has 0 saturated carbocycles. The number of pyridine rings is 1. The molecule has 1 unspecified atom stereocenters. The number of piperidine rings is 1. The van der Waals surface area contributed by atoms with Crippen LogP contribution in [0.15, 0.2) is 84.3 Å². The molecule has 5 rings (SSSR count). The Balaban J connectivity index is 1.29. The van der Waals surface area contributed by atoms with Crippen LogP contribution in [0.1, 0.15) is 30.9 Å². The lowest BCUT2D eigenvalue weighted by Crippen LogP contribution is -2.42. The third-order valence-corrected chi connectivity index (χ3v) is 7.82. The predicted octanol–water partition coefficient (Wildman–Crippen LogP) is 5.60. The molecular formula is C29H31N5OS. The van der Waals surface area contributed by atoms with Gasteiger partial charge in [0, 0.05) is 36.7 Å². The van der Waals surface area contributed by atoms with Gasteiger partial charge in [-0.3, -0.25) is 14.3 Å². The minimum atomic E-state index is -0.255. The molecule has 2 aromatic heterocycles. The van der Waals surface area contributed by atoms with Gasteiger partial charge in [-0.1, -0.05) is 59.8 Å². The summed E-state index contributed by atoms with van der Waals surface area (Å²) in [6.07, 6.45) is 6.69. The molecule has 0 radical (unpaired) electrons. The molecule has 1 atom stereocenters. The van der Waals surface area contributed by atoms with E-state index in [0.29, 0.717) is 11.1 Å². The maximum Gasteiger partial charge on any atom is 0.235 e. The average molecular weight is 498 g/mol. The second-order valence-corrected chi connectivity index (χ2v) is 10.7. The molecule has 3 heterocycles. The second-order valence-electron chi connectivity index (χ2n) is 9.43. The first-order chi connectivity index (χ1) is 17.6. The van der Waals surface area contributed by atoms with Crippen molar-refractivity contribution in [2.75, 3.05) is 13.1 Å². The maximum absolute atomic E-state index is 13.4. The van der Waals surface area contributed by atoms with E-state index < -0.39 is 0 Å². The summed E-state index contributed by atoms with van der Waals surface area (Å²) in [6.45, 7) is 5.67. The van der Waals surface area contributed by atoms with Crippen LogP contribution in [0.25, 0.3) is 17.1 Å². The Labute approximate surface area is 216 Å². The number of hydrogen-bond donors (Lipinski definition) is 0. The molecule has 36 heavy (non-hydrogen) atoms. The van der Waals surface area contributed by atoms with Gasteiger partial charge in [-0.15, -0.1) is 10.2 Å². The van der Waals surface area contributed by atoms with Crippen LogP contribution in [0.3, 0.4) is 0 Å². The minimum absolute atomic E-state index is 0.169. The molecule has 1 aliphatic rings. The summed E-state index contributed by atoms with van der Waals surface area (Å²) in [4.78, 5) is 19.5. The molecule has 1 aliphatic heterocycles. The van der Waals surface area contributed by atoms with Gasteiger partial charge in [0.25, 0.3) is 0 Å². The van der Waals surface area contributed by atoms with Crippen LogP contribution < -0.4 is 0 Å². The SMILES string of the molecule is Cc1ccc(-n2c(SC(C)C(=O)N3CCC(Cc4ccccc4)CC3)nnc2-c2ccncc2)cc1. The lowest BCUT2D eigenvalue weighted by molar-refractivity contribution is -0.131. The van der Waals surface area contributed by atoms with Gasteiger partial charge in [0.15, 0.2) is 11.0 Å². The number of aryl methyl sites for hydroxylation is 1. The number of thioether (sulfide) groups is 1. The van der Waals surface area contributed by atoms with Crippen molar-refractivity contribution in [2.24, 2.45) is 5.92 Å². The normalized spacial score (nSPS) is 15.1. The number of amides is 1. The monoisotopic (exact) mass is 497 g/mol. The quantitative estimate of drug-likeness (QED) is 0.311. The molecule has 1 amide bonds. The molecule has 4 aromatic rings. The first-order valence-electron chi connectivity index (χ1n) is 12.5. The Morgan fingerprint density at radius 1 is 0.972 bits per heavy atom.